The molecule has 0 radical (unpaired) electrons. The van der Waals surface area contributed by atoms with Gasteiger partial charge in [0.2, 0.25) is 0 Å². The molecule has 2 aliphatic rings. The van der Waals surface area contributed by atoms with Gasteiger partial charge in [-0.15, -0.1) is 0 Å². The molecule has 86 valence electrons. The third kappa shape index (κ3) is 3.44. The van der Waals surface area contributed by atoms with E-state index in [9.17, 15) is 0 Å². The normalized spacial score (nSPS) is 33.0. The fraction of sp³-hybridized carbons (Fsp3) is 0.571. The second-order valence-corrected chi connectivity index (χ2v) is 4.46. The Labute approximate surface area is 97.9 Å². The maximum Gasteiger partial charge on any atom is 0.0662 e. The predicted octanol–water partition coefficient (Wildman–Crippen LogP) is 4.04. The van der Waals surface area contributed by atoms with Crippen molar-refractivity contribution in [3.8, 4) is 0 Å². The van der Waals surface area contributed by atoms with Crippen molar-refractivity contribution < 1.29 is 0 Å². The van der Waals surface area contributed by atoms with Gasteiger partial charge in [0.15, 0.2) is 0 Å². The van der Waals surface area contributed by atoms with Crippen molar-refractivity contribution in [3.05, 3.63) is 23.8 Å². The van der Waals surface area contributed by atoms with E-state index in [4.69, 9.17) is 0 Å². The van der Waals surface area contributed by atoms with Crippen molar-refractivity contribution in [1.29, 1.82) is 0 Å². The molecule has 1 heterocycles. The Morgan fingerprint density at radius 3 is 2.81 bits per heavy atom. The Bertz CT molecular complexity index is 301. The molecule has 0 spiro atoms. The Balaban J connectivity index is 2.13. The van der Waals surface area contributed by atoms with Crippen LogP contribution in [0.2, 0.25) is 0 Å². The highest BCUT2D eigenvalue weighted by molar-refractivity contribution is 6.00. The summed E-state index contributed by atoms with van der Waals surface area (Å²) in [5, 5.41) is 8.50. The van der Waals surface area contributed by atoms with Crippen molar-refractivity contribution in [3.63, 3.8) is 0 Å². The Morgan fingerprint density at radius 2 is 1.81 bits per heavy atom. The quantitative estimate of drug-likeness (QED) is 0.632. The van der Waals surface area contributed by atoms with Crippen LogP contribution in [-0.4, -0.2) is 11.9 Å². The zero-order chi connectivity index (χ0) is 11.1. The SMILES string of the molecule is C1=C/CCCCC(/C2=N/N=C\CCCC2)=C\1. The molecular weight excluding hydrogens is 196 g/mol. The van der Waals surface area contributed by atoms with E-state index in [0.29, 0.717) is 0 Å². The molecule has 16 heavy (non-hydrogen) atoms. The van der Waals surface area contributed by atoms with Crippen LogP contribution in [-0.2, 0) is 0 Å². The molecule has 0 saturated carbocycles. The summed E-state index contributed by atoms with van der Waals surface area (Å²) in [5.41, 5.74) is 2.61. The number of hydrogen-bond donors (Lipinski definition) is 0. The lowest BCUT2D eigenvalue weighted by Gasteiger charge is -2.12. The molecule has 2 nitrogen and oxygen atoms in total. The molecule has 0 aromatic rings. The minimum absolute atomic E-state index is 1.08. The molecule has 0 aromatic heterocycles. The third-order valence-corrected chi connectivity index (χ3v) is 3.13. The van der Waals surface area contributed by atoms with Gasteiger partial charge in [-0.3, -0.25) is 0 Å². The summed E-state index contributed by atoms with van der Waals surface area (Å²) in [4.78, 5) is 0. The molecule has 0 fully saturated rings. The first-order valence-corrected chi connectivity index (χ1v) is 6.41. The van der Waals surface area contributed by atoms with Crippen molar-refractivity contribution in [2.75, 3.05) is 0 Å². The van der Waals surface area contributed by atoms with Crippen LogP contribution in [0.25, 0.3) is 0 Å². The topological polar surface area (TPSA) is 24.7 Å². The minimum atomic E-state index is 1.08. The lowest BCUT2D eigenvalue weighted by molar-refractivity contribution is 0.740. The zero-order valence-electron chi connectivity index (χ0n) is 9.86. The summed E-state index contributed by atoms with van der Waals surface area (Å²) < 4.78 is 0. The molecule has 0 saturated heterocycles. The highest BCUT2D eigenvalue weighted by Gasteiger charge is 2.08. The van der Waals surface area contributed by atoms with Gasteiger partial charge in [-0.1, -0.05) is 18.2 Å². The first-order chi connectivity index (χ1) is 7.97. The van der Waals surface area contributed by atoms with Crippen molar-refractivity contribution in [2.45, 2.75) is 51.4 Å². The monoisotopic (exact) mass is 216 g/mol. The summed E-state index contributed by atoms with van der Waals surface area (Å²) in [6.07, 6.45) is 18.2. The van der Waals surface area contributed by atoms with Gasteiger partial charge in [-0.05, 0) is 56.9 Å². The van der Waals surface area contributed by atoms with Gasteiger partial charge in [0, 0.05) is 6.21 Å². The van der Waals surface area contributed by atoms with Crippen LogP contribution in [0.1, 0.15) is 51.4 Å². The van der Waals surface area contributed by atoms with Gasteiger partial charge in [-0.2, -0.15) is 10.2 Å². The molecule has 1 aliphatic heterocycles. The maximum absolute atomic E-state index is 4.36. The van der Waals surface area contributed by atoms with Crippen LogP contribution in [0.3, 0.4) is 0 Å². The summed E-state index contributed by atoms with van der Waals surface area (Å²) in [5.74, 6) is 0. The smallest absolute Gasteiger partial charge is 0.0662 e. The van der Waals surface area contributed by atoms with Gasteiger partial charge < -0.3 is 0 Å². The first-order valence-electron chi connectivity index (χ1n) is 6.41. The van der Waals surface area contributed by atoms with E-state index < -0.39 is 0 Å². The Hall–Kier alpha value is -1.18. The molecule has 0 unspecified atom stereocenters. The van der Waals surface area contributed by atoms with Crippen LogP contribution >= 0.6 is 0 Å². The molecule has 0 N–H and O–H groups in total. The summed E-state index contributed by atoms with van der Waals surface area (Å²) in [6.45, 7) is 0. The highest BCUT2D eigenvalue weighted by atomic mass is 15.2. The second-order valence-electron chi connectivity index (χ2n) is 4.46. The Morgan fingerprint density at radius 1 is 0.938 bits per heavy atom. The fourth-order valence-electron chi connectivity index (χ4n) is 2.15. The maximum atomic E-state index is 4.36. The van der Waals surface area contributed by atoms with Gasteiger partial charge in [-0.25, -0.2) is 0 Å². The molecule has 0 atom stereocenters. The zero-order valence-corrected chi connectivity index (χ0v) is 9.86. The number of hydrogen-bond acceptors (Lipinski definition) is 2. The van der Waals surface area contributed by atoms with Crippen LogP contribution in [0.15, 0.2) is 34.0 Å². The average molecular weight is 216 g/mol. The highest BCUT2D eigenvalue weighted by Crippen LogP contribution is 2.18. The summed E-state index contributed by atoms with van der Waals surface area (Å²) in [7, 11) is 0. The van der Waals surface area contributed by atoms with E-state index in [-0.39, 0.29) is 0 Å². The van der Waals surface area contributed by atoms with Crippen molar-refractivity contribution in [1.82, 2.24) is 0 Å². The molecule has 2 rings (SSSR count). The lowest BCUT2D eigenvalue weighted by Crippen LogP contribution is -2.05. The van der Waals surface area contributed by atoms with E-state index in [2.05, 4.69) is 28.4 Å². The standard InChI is InChI=1S/C14H20N2/c1-2-5-9-13(10-6-3-1)14-11-7-4-8-12-15-16-14/h2,5,9,12H,1,3-4,6-8,10-11H2/b5-2-,13-9+,15-12-,16-14+. The number of rotatable bonds is 1. The van der Waals surface area contributed by atoms with Crippen LogP contribution in [0, 0.1) is 0 Å². The van der Waals surface area contributed by atoms with Crippen molar-refractivity contribution >= 4 is 11.9 Å². The van der Waals surface area contributed by atoms with E-state index in [1.165, 1.54) is 49.8 Å². The van der Waals surface area contributed by atoms with E-state index in [0.717, 1.165) is 12.8 Å². The first kappa shape index (κ1) is 11.3. The molecule has 2 heteroatoms. The molecule has 0 bridgehead atoms. The second kappa shape index (κ2) is 6.41. The summed E-state index contributed by atoms with van der Waals surface area (Å²) >= 11 is 0. The molecular formula is C14H20N2. The predicted molar refractivity (Wildman–Crippen MR) is 70.1 cm³/mol. The fourth-order valence-corrected chi connectivity index (χ4v) is 2.15. The van der Waals surface area contributed by atoms with E-state index >= 15 is 0 Å². The van der Waals surface area contributed by atoms with E-state index in [1.54, 1.807) is 0 Å². The van der Waals surface area contributed by atoms with E-state index in [1.807, 2.05) is 6.21 Å². The molecule has 0 aromatic carbocycles. The molecule has 0 amide bonds. The third-order valence-electron chi connectivity index (χ3n) is 3.13. The van der Waals surface area contributed by atoms with Crippen LogP contribution in [0.4, 0.5) is 0 Å². The number of allylic oxidation sites excluding steroid dienone is 4. The van der Waals surface area contributed by atoms with Crippen LogP contribution in [0.5, 0.6) is 0 Å². The van der Waals surface area contributed by atoms with Gasteiger partial charge >= 0.3 is 0 Å². The lowest BCUT2D eigenvalue weighted by atomic mass is 9.96. The summed E-state index contributed by atoms with van der Waals surface area (Å²) in [6, 6.07) is 0. The van der Waals surface area contributed by atoms with Gasteiger partial charge in [0.05, 0.1) is 5.71 Å². The average Bonchev–Trinajstić information content (AvgIpc) is 2.18. The van der Waals surface area contributed by atoms with Gasteiger partial charge in [0.1, 0.15) is 0 Å². The van der Waals surface area contributed by atoms with Gasteiger partial charge in [0.25, 0.3) is 0 Å². The number of nitrogens with zero attached hydrogens (tertiary/aromatic N) is 2. The van der Waals surface area contributed by atoms with Crippen molar-refractivity contribution in [2.24, 2.45) is 10.2 Å². The molecule has 1 aliphatic carbocycles. The Kier molecular flexibility index (Phi) is 4.53. The minimum Gasteiger partial charge on any atom is -0.163 e. The van der Waals surface area contributed by atoms with Crippen LogP contribution < -0.4 is 0 Å². The largest absolute Gasteiger partial charge is 0.163 e.